The molecule has 202 valence electrons. The Bertz CT molecular complexity index is 942. The first kappa shape index (κ1) is 28.4. The fourth-order valence-corrected chi connectivity index (χ4v) is 4.36. The van der Waals surface area contributed by atoms with E-state index in [1.54, 1.807) is 0 Å². The van der Waals surface area contributed by atoms with Crippen molar-refractivity contribution in [1.82, 2.24) is 26.0 Å². The summed E-state index contributed by atoms with van der Waals surface area (Å²) in [5, 5.41) is 17.3. The molecule has 37 heavy (non-hydrogen) atoms. The summed E-state index contributed by atoms with van der Waals surface area (Å²) in [6.07, 6.45) is 20.8. The molecule has 9 nitrogen and oxygen atoms in total. The van der Waals surface area contributed by atoms with Crippen LogP contribution in [0.25, 0.3) is 0 Å². The predicted octanol–water partition coefficient (Wildman–Crippen LogP) is 2.42. The summed E-state index contributed by atoms with van der Waals surface area (Å²) in [5.41, 5.74) is 12.7. The number of nitrogens with one attached hydrogen (secondary N) is 4. The van der Waals surface area contributed by atoms with Crippen molar-refractivity contribution in [3.8, 4) is 0 Å². The molecule has 1 saturated heterocycles. The lowest BCUT2D eigenvalue weighted by molar-refractivity contribution is 0.0105. The largest absolute Gasteiger partial charge is 0.384 e. The minimum Gasteiger partial charge on any atom is -0.384 e. The highest BCUT2D eigenvalue weighted by Crippen LogP contribution is 2.20. The van der Waals surface area contributed by atoms with Crippen molar-refractivity contribution in [3.63, 3.8) is 0 Å². The zero-order valence-electron chi connectivity index (χ0n) is 22.3. The van der Waals surface area contributed by atoms with Crippen LogP contribution in [-0.2, 0) is 4.74 Å². The van der Waals surface area contributed by atoms with Gasteiger partial charge < -0.3 is 31.4 Å². The molecule has 6 N–H and O–H groups in total. The molecule has 0 bridgehead atoms. The summed E-state index contributed by atoms with van der Waals surface area (Å²) in [6, 6.07) is 0.0339. The van der Waals surface area contributed by atoms with Crippen molar-refractivity contribution in [2.75, 3.05) is 46.4 Å². The summed E-state index contributed by atoms with van der Waals surface area (Å²) >= 11 is 0. The summed E-state index contributed by atoms with van der Waals surface area (Å²) in [7, 11) is 2.03. The number of rotatable bonds is 14. The van der Waals surface area contributed by atoms with Gasteiger partial charge in [-0.25, -0.2) is 5.01 Å². The molecule has 3 aliphatic heterocycles. The van der Waals surface area contributed by atoms with E-state index in [2.05, 4.69) is 68.0 Å². The Labute approximate surface area is 222 Å². The Morgan fingerprint density at radius 1 is 1.30 bits per heavy atom. The molecule has 3 unspecified atom stereocenters. The first-order valence-electron chi connectivity index (χ1n) is 13.2. The fraction of sp³-hybridized carbons (Fsp3) is 0.500. The van der Waals surface area contributed by atoms with Crippen molar-refractivity contribution in [1.29, 1.82) is 5.41 Å². The third kappa shape index (κ3) is 9.35. The number of dihydropyridines is 1. The number of nitrogens with two attached hydrogens (primary N) is 1. The van der Waals surface area contributed by atoms with E-state index in [1.165, 1.54) is 6.21 Å². The maximum atomic E-state index is 7.98. The number of hydrazine groups is 1. The second-order valence-electron chi connectivity index (χ2n) is 9.51. The third-order valence-electron chi connectivity index (χ3n) is 6.56. The summed E-state index contributed by atoms with van der Waals surface area (Å²) in [6.45, 7) is 10.7. The van der Waals surface area contributed by atoms with Crippen LogP contribution < -0.4 is 21.8 Å². The lowest BCUT2D eigenvalue weighted by Crippen LogP contribution is -2.50. The van der Waals surface area contributed by atoms with Crippen LogP contribution >= 0.6 is 0 Å². The number of hydrogen-bond acceptors (Lipinski definition) is 8. The van der Waals surface area contributed by atoms with Gasteiger partial charge in [0.25, 0.3) is 0 Å². The van der Waals surface area contributed by atoms with E-state index in [9.17, 15) is 0 Å². The predicted molar refractivity (Wildman–Crippen MR) is 153 cm³/mol. The number of unbranched alkanes of at least 4 members (excludes halogenated alkanes) is 1. The molecule has 3 heterocycles. The molecule has 0 aromatic carbocycles. The quantitative estimate of drug-likeness (QED) is 0.106. The molecule has 0 amide bonds. The highest BCUT2D eigenvalue weighted by atomic mass is 16.5. The minimum atomic E-state index is -0.0125. The lowest BCUT2D eigenvalue weighted by Gasteiger charge is -2.32. The van der Waals surface area contributed by atoms with Crippen molar-refractivity contribution < 1.29 is 4.74 Å². The van der Waals surface area contributed by atoms with Gasteiger partial charge in [-0.05, 0) is 44.4 Å². The molecule has 1 fully saturated rings. The van der Waals surface area contributed by atoms with E-state index >= 15 is 0 Å². The molecule has 0 spiro atoms. The van der Waals surface area contributed by atoms with Gasteiger partial charge in [-0.15, -0.1) is 0 Å². The average Bonchev–Trinajstić information content (AvgIpc) is 3.29. The molecular formula is C28H44N8O. The lowest BCUT2D eigenvalue weighted by atomic mass is 9.98. The Balaban J connectivity index is 1.44. The van der Waals surface area contributed by atoms with Gasteiger partial charge in [0.15, 0.2) is 0 Å². The number of morpholine rings is 1. The van der Waals surface area contributed by atoms with Gasteiger partial charge in [-0.3, -0.25) is 10.4 Å². The number of allylic oxidation sites excluding steroid dienone is 5. The zero-order chi connectivity index (χ0) is 26.5. The van der Waals surface area contributed by atoms with Crippen LogP contribution in [0.1, 0.15) is 26.2 Å². The highest BCUT2D eigenvalue weighted by Gasteiger charge is 2.26. The maximum Gasteiger partial charge on any atom is 0.118 e. The van der Waals surface area contributed by atoms with Gasteiger partial charge >= 0.3 is 0 Å². The summed E-state index contributed by atoms with van der Waals surface area (Å²) < 4.78 is 5.41. The van der Waals surface area contributed by atoms with Crippen LogP contribution in [0.15, 0.2) is 77.3 Å². The van der Waals surface area contributed by atoms with Gasteiger partial charge in [0.05, 0.1) is 30.6 Å². The Hall–Kier alpha value is -3.14. The minimum absolute atomic E-state index is 0.0125. The van der Waals surface area contributed by atoms with Gasteiger partial charge in [-0.2, -0.15) is 0 Å². The first-order chi connectivity index (χ1) is 18.0. The number of aliphatic imine (C=N–C) groups is 1. The number of likely N-dealkylation sites (N-methyl/N-ethyl adjacent to an activating group) is 1. The molecule has 3 atom stereocenters. The van der Waals surface area contributed by atoms with Gasteiger partial charge in [0.2, 0.25) is 0 Å². The van der Waals surface area contributed by atoms with Crippen LogP contribution in [0.4, 0.5) is 0 Å². The Kier molecular flexibility index (Phi) is 11.7. The van der Waals surface area contributed by atoms with Crippen molar-refractivity contribution in [2.45, 2.75) is 38.4 Å². The average molecular weight is 509 g/mol. The normalized spacial score (nSPS) is 23.6. The molecule has 0 aromatic rings. The zero-order valence-corrected chi connectivity index (χ0v) is 22.3. The van der Waals surface area contributed by atoms with E-state index in [0.29, 0.717) is 12.4 Å². The number of hydrogen-bond donors (Lipinski definition) is 5. The molecule has 9 heteroatoms. The fourth-order valence-electron chi connectivity index (χ4n) is 4.36. The molecule has 3 rings (SSSR count). The van der Waals surface area contributed by atoms with Gasteiger partial charge in [-0.1, -0.05) is 36.5 Å². The molecule has 0 aliphatic carbocycles. The van der Waals surface area contributed by atoms with Gasteiger partial charge in [0.1, 0.15) is 12.0 Å². The number of ether oxygens (including phenoxy) is 1. The van der Waals surface area contributed by atoms with Crippen molar-refractivity contribution >= 4 is 12.1 Å². The van der Waals surface area contributed by atoms with E-state index in [4.69, 9.17) is 15.9 Å². The Morgan fingerprint density at radius 2 is 2.11 bits per heavy atom. The SMILES string of the molecule is C=C(/C=C\C)CCCCN=C(N)/C=C\C1NC(C2=CC=CC(C(C=N)CNN3CCOCC3)N2)=CN1C. The monoisotopic (exact) mass is 508 g/mol. The summed E-state index contributed by atoms with van der Waals surface area (Å²) in [4.78, 5) is 6.59. The molecule has 0 saturated carbocycles. The van der Waals surface area contributed by atoms with Crippen LogP contribution in [0.2, 0.25) is 0 Å². The van der Waals surface area contributed by atoms with E-state index in [0.717, 1.165) is 69.1 Å². The first-order valence-corrected chi connectivity index (χ1v) is 13.2. The second kappa shape index (κ2) is 15.2. The van der Waals surface area contributed by atoms with Crippen LogP contribution in [-0.4, -0.2) is 80.6 Å². The van der Waals surface area contributed by atoms with Crippen LogP contribution in [0, 0.1) is 11.3 Å². The van der Waals surface area contributed by atoms with Crippen LogP contribution in [0.3, 0.4) is 0 Å². The number of amidine groups is 1. The van der Waals surface area contributed by atoms with E-state index < -0.39 is 0 Å². The topological polar surface area (TPSA) is 114 Å². The molecule has 3 aliphatic rings. The Morgan fingerprint density at radius 3 is 2.86 bits per heavy atom. The molecule has 0 aromatic heterocycles. The second-order valence-corrected chi connectivity index (χ2v) is 9.51. The third-order valence-corrected chi connectivity index (χ3v) is 6.56. The standard InChI is InChI=1S/C28H44N8O/c1-4-8-22(2)9-5-6-14-31-27(30)12-13-28-34-26(21-35(28)3)25-11-7-10-24(33-25)23(19-29)20-32-36-15-17-37-18-16-36/h4,7-8,10-13,19,21,23-24,28-29,32-34H,2,5-6,9,14-18,20H2,1,3H3,(H2,30,31)/b8-4-,13-12-,29-19?. The molecule has 0 radical (unpaired) electrons. The smallest absolute Gasteiger partial charge is 0.118 e. The summed E-state index contributed by atoms with van der Waals surface area (Å²) in [5.74, 6) is 0.561. The van der Waals surface area contributed by atoms with E-state index in [-0.39, 0.29) is 18.1 Å². The van der Waals surface area contributed by atoms with Gasteiger partial charge in [0, 0.05) is 51.6 Å². The molecular weight excluding hydrogens is 464 g/mol. The highest BCUT2D eigenvalue weighted by molar-refractivity contribution is 5.91. The number of nitrogens with zero attached hydrogens (tertiary/aromatic N) is 3. The van der Waals surface area contributed by atoms with Crippen molar-refractivity contribution in [3.05, 3.63) is 72.3 Å². The maximum absolute atomic E-state index is 7.98. The van der Waals surface area contributed by atoms with Crippen LogP contribution in [0.5, 0.6) is 0 Å². The van der Waals surface area contributed by atoms with Crippen molar-refractivity contribution in [2.24, 2.45) is 16.6 Å². The van der Waals surface area contributed by atoms with E-state index in [1.807, 2.05) is 32.2 Å².